The van der Waals surface area contributed by atoms with Crippen molar-refractivity contribution in [1.29, 1.82) is 0 Å². The molecule has 0 radical (unpaired) electrons. The van der Waals surface area contributed by atoms with E-state index in [2.05, 4.69) is 31.8 Å². The number of hydrazone groups is 1. The van der Waals surface area contributed by atoms with E-state index in [9.17, 15) is 14.0 Å². The standard InChI is InChI=1S/C24H20BrClFN3O4/c1-2-33-22-11-16(5-10-21(22)34-14-15-3-7-18(26)8-4-15)13-28-30-24(32)23(31)29-20-9-6-17(25)12-19(20)27/h3-13H,2,14H2,1H3,(H,29,31)(H,30,32). The van der Waals surface area contributed by atoms with Crippen molar-refractivity contribution < 1.29 is 23.5 Å². The van der Waals surface area contributed by atoms with Crippen LogP contribution in [0.5, 0.6) is 11.5 Å². The van der Waals surface area contributed by atoms with Gasteiger partial charge in [0.25, 0.3) is 0 Å². The van der Waals surface area contributed by atoms with Crippen LogP contribution in [0.2, 0.25) is 5.02 Å². The molecule has 3 aromatic rings. The monoisotopic (exact) mass is 547 g/mol. The van der Waals surface area contributed by atoms with E-state index in [-0.39, 0.29) is 5.69 Å². The van der Waals surface area contributed by atoms with Crippen LogP contribution in [0.25, 0.3) is 0 Å². The molecule has 176 valence electrons. The molecular formula is C24H20BrClFN3O4. The number of halogens is 3. The zero-order chi connectivity index (χ0) is 24.5. The van der Waals surface area contributed by atoms with Crippen molar-refractivity contribution in [1.82, 2.24) is 5.43 Å². The minimum Gasteiger partial charge on any atom is -0.490 e. The van der Waals surface area contributed by atoms with Crippen LogP contribution >= 0.6 is 27.5 Å². The molecule has 0 aliphatic rings. The lowest BCUT2D eigenvalue weighted by atomic mass is 10.2. The normalized spacial score (nSPS) is 10.7. The number of carbonyl (C=O) groups is 2. The largest absolute Gasteiger partial charge is 0.490 e. The Bertz CT molecular complexity index is 1210. The Balaban J connectivity index is 1.59. The molecule has 2 amide bonds. The van der Waals surface area contributed by atoms with Gasteiger partial charge in [0.15, 0.2) is 11.5 Å². The summed E-state index contributed by atoms with van der Waals surface area (Å²) < 4.78 is 25.8. The van der Waals surface area contributed by atoms with E-state index in [1.165, 1.54) is 24.4 Å². The number of ether oxygens (including phenoxy) is 2. The maximum atomic E-state index is 13.8. The third-order valence-electron chi connectivity index (χ3n) is 4.34. The van der Waals surface area contributed by atoms with E-state index in [0.29, 0.717) is 39.8 Å². The first-order chi connectivity index (χ1) is 16.4. The number of anilines is 1. The van der Waals surface area contributed by atoms with Crippen molar-refractivity contribution in [2.75, 3.05) is 11.9 Å². The molecule has 3 rings (SSSR count). The van der Waals surface area contributed by atoms with Crippen LogP contribution in [-0.2, 0) is 16.2 Å². The Morgan fingerprint density at radius 3 is 2.50 bits per heavy atom. The Labute approximate surface area is 209 Å². The zero-order valence-electron chi connectivity index (χ0n) is 18.0. The Morgan fingerprint density at radius 2 is 1.79 bits per heavy atom. The fraction of sp³-hybridized carbons (Fsp3) is 0.125. The van der Waals surface area contributed by atoms with Gasteiger partial charge in [-0.15, -0.1) is 0 Å². The summed E-state index contributed by atoms with van der Waals surface area (Å²) in [6.45, 7) is 2.59. The van der Waals surface area contributed by atoms with E-state index in [0.717, 1.165) is 5.56 Å². The number of nitrogens with one attached hydrogen (secondary N) is 2. The first-order valence-corrected chi connectivity index (χ1v) is 11.3. The quantitative estimate of drug-likeness (QED) is 0.227. The van der Waals surface area contributed by atoms with E-state index >= 15 is 0 Å². The number of amides is 2. The van der Waals surface area contributed by atoms with Gasteiger partial charge in [-0.3, -0.25) is 9.59 Å². The molecule has 0 unspecified atom stereocenters. The molecule has 34 heavy (non-hydrogen) atoms. The van der Waals surface area contributed by atoms with Gasteiger partial charge in [0.05, 0.1) is 18.5 Å². The summed E-state index contributed by atoms with van der Waals surface area (Å²) in [5, 5.41) is 6.61. The van der Waals surface area contributed by atoms with Gasteiger partial charge < -0.3 is 14.8 Å². The van der Waals surface area contributed by atoms with Gasteiger partial charge in [0.1, 0.15) is 12.4 Å². The van der Waals surface area contributed by atoms with Gasteiger partial charge in [-0.05, 0) is 66.6 Å². The van der Waals surface area contributed by atoms with Crippen molar-refractivity contribution in [3.8, 4) is 11.5 Å². The number of nitrogens with zero attached hydrogens (tertiary/aromatic N) is 1. The van der Waals surface area contributed by atoms with Crippen molar-refractivity contribution in [2.45, 2.75) is 13.5 Å². The lowest BCUT2D eigenvalue weighted by Crippen LogP contribution is -2.32. The van der Waals surface area contributed by atoms with Gasteiger partial charge in [-0.25, -0.2) is 9.82 Å². The zero-order valence-corrected chi connectivity index (χ0v) is 20.3. The smallest absolute Gasteiger partial charge is 0.329 e. The highest BCUT2D eigenvalue weighted by Crippen LogP contribution is 2.29. The van der Waals surface area contributed by atoms with Crippen molar-refractivity contribution in [3.63, 3.8) is 0 Å². The van der Waals surface area contributed by atoms with Crippen LogP contribution < -0.4 is 20.2 Å². The number of carbonyl (C=O) groups excluding carboxylic acids is 2. The Kier molecular flexibility index (Phi) is 9.00. The van der Waals surface area contributed by atoms with E-state index < -0.39 is 17.6 Å². The molecule has 0 fully saturated rings. The van der Waals surface area contributed by atoms with Crippen LogP contribution in [0.1, 0.15) is 18.1 Å². The molecule has 0 aliphatic heterocycles. The number of rotatable bonds is 8. The van der Waals surface area contributed by atoms with Gasteiger partial charge in [0, 0.05) is 9.50 Å². The maximum Gasteiger partial charge on any atom is 0.329 e. The van der Waals surface area contributed by atoms with Crippen LogP contribution in [0.4, 0.5) is 10.1 Å². The van der Waals surface area contributed by atoms with Crippen LogP contribution in [0.3, 0.4) is 0 Å². The summed E-state index contributed by atoms with van der Waals surface area (Å²) >= 11 is 9.02. The molecule has 3 aromatic carbocycles. The predicted octanol–water partition coefficient (Wildman–Crippen LogP) is 5.31. The average molecular weight is 549 g/mol. The van der Waals surface area contributed by atoms with Crippen LogP contribution in [0, 0.1) is 5.82 Å². The molecule has 7 nitrogen and oxygen atoms in total. The van der Waals surface area contributed by atoms with Crippen molar-refractivity contribution >= 4 is 51.2 Å². The summed E-state index contributed by atoms with van der Waals surface area (Å²) in [4.78, 5) is 23.9. The molecule has 0 atom stereocenters. The van der Waals surface area contributed by atoms with Crippen molar-refractivity contribution in [2.24, 2.45) is 5.10 Å². The van der Waals surface area contributed by atoms with Gasteiger partial charge in [-0.1, -0.05) is 39.7 Å². The first kappa shape index (κ1) is 25.2. The summed E-state index contributed by atoms with van der Waals surface area (Å²) in [5.41, 5.74) is 3.53. The predicted molar refractivity (Wildman–Crippen MR) is 132 cm³/mol. The second kappa shape index (κ2) is 12.2. The lowest BCUT2D eigenvalue weighted by molar-refractivity contribution is -0.136. The maximum absolute atomic E-state index is 13.8. The average Bonchev–Trinajstić information content (AvgIpc) is 2.81. The summed E-state index contributed by atoms with van der Waals surface area (Å²) in [7, 11) is 0. The van der Waals surface area contributed by atoms with Crippen LogP contribution in [0.15, 0.2) is 70.2 Å². The topological polar surface area (TPSA) is 89.0 Å². The fourth-order valence-corrected chi connectivity index (χ4v) is 3.18. The van der Waals surface area contributed by atoms with Gasteiger partial charge in [0.2, 0.25) is 0 Å². The van der Waals surface area contributed by atoms with E-state index in [4.69, 9.17) is 21.1 Å². The van der Waals surface area contributed by atoms with E-state index in [1.54, 1.807) is 30.3 Å². The third-order valence-corrected chi connectivity index (χ3v) is 5.09. The molecule has 0 aromatic heterocycles. The minimum absolute atomic E-state index is 0.122. The molecule has 0 bridgehead atoms. The van der Waals surface area contributed by atoms with Gasteiger partial charge >= 0.3 is 11.8 Å². The number of benzene rings is 3. The Hall–Kier alpha value is -3.43. The highest BCUT2D eigenvalue weighted by molar-refractivity contribution is 9.10. The minimum atomic E-state index is -1.06. The second-order valence-electron chi connectivity index (χ2n) is 6.83. The molecule has 10 heteroatoms. The summed E-state index contributed by atoms with van der Waals surface area (Å²) in [6, 6.07) is 16.5. The fourth-order valence-electron chi connectivity index (χ4n) is 2.72. The Morgan fingerprint density at radius 1 is 1.03 bits per heavy atom. The molecule has 0 saturated heterocycles. The molecule has 2 N–H and O–H groups in total. The molecule has 0 heterocycles. The lowest BCUT2D eigenvalue weighted by Gasteiger charge is -2.12. The number of hydrogen-bond donors (Lipinski definition) is 2. The number of hydrogen-bond acceptors (Lipinski definition) is 5. The second-order valence-corrected chi connectivity index (χ2v) is 8.18. The van der Waals surface area contributed by atoms with E-state index in [1.807, 2.05) is 19.1 Å². The first-order valence-electron chi connectivity index (χ1n) is 10.1. The third kappa shape index (κ3) is 7.29. The van der Waals surface area contributed by atoms with Gasteiger partial charge in [-0.2, -0.15) is 5.10 Å². The summed E-state index contributed by atoms with van der Waals surface area (Å²) in [5.74, 6) is -1.75. The molecule has 0 saturated carbocycles. The molecular weight excluding hydrogens is 529 g/mol. The molecule has 0 aliphatic carbocycles. The highest BCUT2D eigenvalue weighted by atomic mass is 79.9. The highest BCUT2D eigenvalue weighted by Gasteiger charge is 2.15. The SMILES string of the molecule is CCOc1cc(C=NNC(=O)C(=O)Nc2ccc(Br)cc2F)ccc1OCc1ccc(Cl)cc1. The summed E-state index contributed by atoms with van der Waals surface area (Å²) in [6.07, 6.45) is 1.34. The molecule has 0 spiro atoms. The van der Waals surface area contributed by atoms with Crippen LogP contribution in [-0.4, -0.2) is 24.6 Å². The van der Waals surface area contributed by atoms with Crippen molar-refractivity contribution in [3.05, 3.63) is 87.1 Å².